The quantitative estimate of drug-likeness (QED) is 0.458. The number of anilines is 1. The van der Waals surface area contributed by atoms with Crippen molar-refractivity contribution in [3.8, 4) is 0 Å². The maximum Gasteiger partial charge on any atom is 0.221 e. The van der Waals surface area contributed by atoms with Crippen LogP contribution in [0.5, 0.6) is 0 Å². The Hall–Kier alpha value is -0.880. The average molecular weight is 217 g/mol. The Kier molecular flexibility index (Phi) is 4.61. The standard InChI is InChI=1S/C8H12FN3OS/c1-13-3-2-4-14-7-6(9)5-11-8(10)12-7/h5H,2-4H2,1H3,(H2,10,11,12). The van der Waals surface area contributed by atoms with E-state index < -0.39 is 5.82 Å². The van der Waals surface area contributed by atoms with Gasteiger partial charge in [0.1, 0.15) is 5.03 Å². The number of rotatable bonds is 5. The summed E-state index contributed by atoms with van der Waals surface area (Å²) in [4.78, 5) is 7.32. The van der Waals surface area contributed by atoms with Crippen molar-refractivity contribution in [1.29, 1.82) is 0 Å². The first-order chi connectivity index (χ1) is 6.74. The van der Waals surface area contributed by atoms with Gasteiger partial charge in [0, 0.05) is 19.5 Å². The van der Waals surface area contributed by atoms with E-state index in [1.807, 2.05) is 0 Å². The van der Waals surface area contributed by atoms with E-state index in [4.69, 9.17) is 10.5 Å². The predicted octanol–water partition coefficient (Wildman–Crippen LogP) is 1.33. The predicted molar refractivity (Wildman–Crippen MR) is 53.6 cm³/mol. The van der Waals surface area contributed by atoms with E-state index in [1.54, 1.807) is 7.11 Å². The van der Waals surface area contributed by atoms with Gasteiger partial charge >= 0.3 is 0 Å². The van der Waals surface area contributed by atoms with Crippen LogP contribution in [-0.2, 0) is 4.74 Å². The third kappa shape index (κ3) is 3.47. The molecule has 1 aromatic heterocycles. The molecule has 4 nitrogen and oxygen atoms in total. The van der Waals surface area contributed by atoms with Crippen molar-refractivity contribution in [2.45, 2.75) is 11.4 Å². The van der Waals surface area contributed by atoms with Crippen molar-refractivity contribution in [2.75, 3.05) is 25.2 Å². The minimum absolute atomic E-state index is 0.0978. The third-order valence-corrected chi connectivity index (χ3v) is 2.51. The molecular formula is C8H12FN3OS. The molecule has 6 heteroatoms. The largest absolute Gasteiger partial charge is 0.385 e. The first-order valence-electron chi connectivity index (χ1n) is 4.14. The fourth-order valence-electron chi connectivity index (χ4n) is 0.838. The molecule has 0 saturated carbocycles. The van der Waals surface area contributed by atoms with Gasteiger partial charge in [-0.25, -0.2) is 14.4 Å². The number of hydrogen-bond donors (Lipinski definition) is 1. The topological polar surface area (TPSA) is 61.0 Å². The van der Waals surface area contributed by atoms with Crippen LogP contribution in [0, 0.1) is 5.82 Å². The highest BCUT2D eigenvalue weighted by molar-refractivity contribution is 7.99. The monoisotopic (exact) mass is 217 g/mol. The smallest absolute Gasteiger partial charge is 0.221 e. The summed E-state index contributed by atoms with van der Waals surface area (Å²) in [5, 5.41) is 0.300. The number of ether oxygens (including phenoxy) is 1. The maximum absolute atomic E-state index is 13.0. The van der Waals surface area contributed by atoms with Crippen molar-refractivity contribution in [1.82, 2.24) is 9.97 Å². The average Bonchev–Trinajstić information content (AvgIpc) is 2.18. The lowest BCUT2D eigenvalue weighted by molar-refractivity contribution is 0.200. The molecule has 0 aromatic carbocycles. The van der Waals surface area contributed by atoms with Crippen LogP contribution >= 0.6 is 11.8 Å². The van der Waals surface area contributed by atoms with E-state index in [-0.39, 0.29) is 5.95 Å². The Morgan fingerprint density at radius 2 is 2.43 bits per heavy atom. The molecule has 78 valence electrons. The molecule has 1 heterocycles. The van der Waals surface area contributed by atoms with E-state index >= 15 is 0 Å². The molecule has 0 aliphatic rings. The van der Waals surface area contributed by atoms with Gasteiger partial charge in [0.05, 0.1) is 6.20 Å². The van der Waals surface area contributed by atoms with Crippen LogP contribution in [-0.4, -0.2) is 29.4 Å². The first kappa shape index (κ1) is 11.2. The zero-order valence-corrected chi connectivity index (χ0v) is 8.68. The number of nitrogen functional groups attached to an aromatic ring is 1. The lowest BCUT2D eigenvalue weighted by Gasteiger charge is -2.02. The fourth-order valence-corrected chi connectivity index (χ4v) is 1.64. The Morgan fingerprint density at radius 1 is 1.64 bits per heavy atom. The minimum atomic E-state index is -0.429. The summed E-state index contributed by atoms with van der Waals surface area (Å²) in [7, 11) is 1.63. The molecule has 0 aliphatic heterocycles. The molecule has 1 aromatic rings. The lowest BCUT2D eigenvalue weighted by atomic mass is 10.5. The van der Waals surface area contributed by atoms with Crippen molar-refractivity contribution in [3.05, 3.63) is 12.0 Å². The minimum Gasteiger partial charge on any atom is -0.385 e. The SMILES string of the molecule is COCCCSc1nc(N)ncc1F. The molecule has 0 radical (unpaired) electrons. The summed E-state index contributed by atoms with van der Waals surface area (Å²) >= 11 is 1.32. The summed E-state index contributed by atoms with van der Waals surface area (Å²) in [6, 6.07) is 0. The second kappa shape index (κ2) is 5.77. The lowest BCUT2D eigenvalue weighted by Crippen LogP contribution is -1.99. The molecule has 0 saturated heterocycles. The van der Waals surface area contributed by atoms with Crippen LogP contribution in [0.25, 0.3) is 0 Å². The Balaban J connectivity index is 2.45. The van der Waals surface area contributed by atoms with Gasteiger partial charge < -0.3 is 10.5 Å². The highest BCUT2D eigenvalue weighted by Gasteiger charge is 2.05. The van der Waals surface area contributed by atoms with Gasteiger partial charge in [0.25, 0.3) is 0 Å². The zero-order chi connectivity index (χ0) is 10.4. The number of aromatic nitrogens is 2. The number of thioether (sulfide) groups is 1. The third-order valence-electron chi connectivity index (χ3n) is 1.46. The summed E-state index contributed by atoms with van der Waals surface area (Å²) in [6.45, 7) is 0.662. The molecule has 0 aliphatic carbocycles. The summed E-state index contributed by atoms with van der Waals surface area (Å²) < 4.78 is 17.9. The van der Waals surface area contributed by atoms with Crippen LogP contribution in [0.1, 0.15) is 6.42 Å². The number of nitrogens with zero attached hydrogens (tertiary/aromatic N) is 2. The molecule has 14 heavy (non-hydrogen) atoms. The molecule has 2 N–H and O–H groups in total. The molecule has 0 fully saturated rings. The van der Waals surface area contributed by atoms with E-state index in [0.29, 0.717) is 11.6 Å². The second-order valence-corrected chi connectivity index (χ2v) is 3.66. The number of nitrogens with two attached hydrogens (primary N) is 1. The van der Waals surface area contributed by atoms with Crippen molar-refractivity contribution >= 4 is 17.7 Å². The molecular weight excluding hydrogens is 205 g/mol. The summed E-state index contributed by atoms with van der Waals surface area (Å²) in [5.41, 5.74) is 5.33. The van der Waals surface area contributed by atoms with Gasteiger partial charge in [-0.3, -0.25) is 0 Å². The number of hydrogen-bond acceptors (Lipinski definition) is 5. The highest BCUT2D eigenvalue weighted by atomic mass is 32.2. The van der Waals surface area contributed by atoms with Gasteiger partial charge in [-0.15, -0.1) is 11.8 Å². The van der Waals surface area contributed by atoms with Gasteiger partial charge in [-0.2, -0.15) is 0 Å². The maximum atomic E-state index is 13.0. The molecule has 0 atom stereocenters. The molecule has 1 rings (SSSR count). The molecule has 0 amide bonds. The van der Waals surface area contributed by atoms with E-state index in [2.05, 4.69) is 9.97 Å². The fraction of sp³-hybridized carbons (Fsp3) is 0.500. The van der Waals surface area contributed by atoms with Crippen molar-refractivity contribution < 1.29 is 9.13 Å². The van der Waals surface area contributed by atoms with Crippen LogP contribution in [0.15, 0.2) is 11.2 Å². The van der Waals surface area contributed by atoms with Crippen LogP contribution < -0.4 is 5.73 Å². The second-order valence-electron chi connectivity index (χ2n) is 2.58. The zero-order valence-electron chi connectivity index (χ0n) is 7.86. The van der Waals surface area contributed by atoms with E-state index in [0.717, 1.165) is 18.4 Å². The normalized spacial score (nSPS) is 10.4. The molecule has 0 unspecified atom stereocenters. The van der Waals surface area contributed by atoms with Gasteiger partial charge in [-0.05, 0) is 6.42 Å². The Labute approximate surface area is 86.1 Å². The van der Waals surface area contributed by atoms with Crippen LogP contribution in [0.3, 0.4) is 0 Å². The van der Waals surface area contributed by atoms with Crippen molar-refractivity contribution in [2.24, 2.45) is 0 Å². The van der Waals surface area contributed by atoms with Crippen LogP contribution in [0.2, 0.25) is 0 Å². The van der Waals surface area contributed by atoms with Gasteiger partial charge in [-0.1, -0.05) is 0 Å². The van der Waals surface area contributed by atoms with E-state index in [9.17, 15) is 4.39 Å². The first-order valence-corrected chi connectivity index (χ1v) is 5.12. The Morgan fingerprint density at radius 3 is 3.14 bits per heavy atom. The van der Waals surface area contributed by atoms with Crippen LogP contribution in [0.4, 0.5) is 10.3 Å². The van der Waals surface area contributed by atoms with Gasteiger partial charge in [0.15, 0.2) is 5.82 Å². The van der Waals surface area contributed by atoms with Gasteiger partial charge in [0.2, 0.25) is 5.95 Å². The molecule has 0 bridgehead atoms. The van der Waals surface area contributed by atoms with E-state index in [1.165, 1.54) is 11.8 Å². The number of halogens is 1. The van der Waals surface area contributed by atoms with Crippen molar-refractivity contribution in [3.63, 3.8) is 0 Å². The Bertz CT molecular complexity index is 298. The highest BCUT2D eigenvalue weighted by Crippen LogP contribution is 2.19. The molecule has 0 spiro atoms. The number of methoxy groups -OCH3 is 1. The summed E-state index contributed by atoms with van der Waals surface area (Å²) in [6.07, 6.45) is 1.94. The summed E-state index contributed by atoms with van der Waals surface area (Å²) in [5.74, 6) is 0.420.